The van der Waals surface area contributed by atoms with Gasteiger partial charge in [0.1, 0.15) is 0 Å². The predicted molar refractivity (Wildman–Crippen MR) is 85.5 cm³/mol. The Morgan fingerprint density at radius 1 is 1.35 bits per heavy atom. The lowest BCUT2D eigenvalue weighted by Gasteiger charge is -2.22. The minimum Gasteiger partial charge on any atom is -0.429 e. The molecule has 2 unspecified atom stereocenters. The number of amides is 1. The van der Waals surface area contributed by atoms with Crippen molar-refractivity contribution < 1.29 is 23.9 Å². The number of hydrogen-bond acceptors (Lipinski definition) is 6. The average molecular weight is 337 g/mol. The molecular formula is C16H19NO5S. The number of carbonyl (C=O) groups excluding carboxylic acids is 3. The molecule has 0 radical (unpaired) electrons. The first-order chi connectivity index (χ1) is 10.9. The van der Waals surface area contributed by atoms with Crippen molar-refractivity contribution in [2.24, 2.45) is 0 Å². The Morgan fingerprint density at radius 2 is 2.04 bits per heavy atom. The van der Waals surface area contributed by atoms with Crippen LogP contribution in [0.5, 0.6) is 0 Å². The van der Waals surface area contributed by atoms with Gasteiger partial charge in [0, 0.05) is 16.9 Å². The van der Waals surface area contributed by atoms with Crippen LogP contribution >= 0.6 is 11.8 Å². The first-order valence-electron chi connectivity index (χ1n) is 7.21. The summed E-state index contributed by atoms with van der Waals surface area (Å²) in [5.74, 6) is -0.531. The fourth-order valence-corrected chi connectivity index (χ4v) is 3.13. The number of thioether (sulfide) groups is 1. The topological polar surface area (TPSA) is 81.7 Å². The summed E-state index contributed by atoms with van der Waals surface area (Å²) in [5.41, 5.74) is 0.735. The van der Waals surface area contributed by atoms with Crippen molar-refractivity contribution in [2.75, 3.05) is 6.54 Å². The van der Waals surface area contributed by atoms with E-state index in [1.165, 1.54) is 0 Å². The Morgan fingerprint density at radius 3 is 2.70 bits per heavy atom. The Hall–Kier alpha value is -1.86. The summed E-state index contributed by atoms with van der Waals surface area (Å²) in [5, 5.41) is 2.37. The van der Waals surface area contributed by atoms with Gasteiger partial charge in [-0.2, -0.15) is 0 Å². The number of ether oxygens (including phenoxy) is 2. The van der Waals surface area contributed by atoms with Gasteiger partial charge in [-0.25, -0.2) is 4.79 Å². The van der Waals surface area contributed by atoms with Gasteiger partial charge >= 0.3 is 5.97 Å². The standard InChI is InChI=1S/C16H19NO5S/c1-16(2,9-17-10-18)23-13(19)8-12-14(20)22-15(21-12)11-6-4-3-5-7-11/h3-7,10,12,15H,8-9H2,1-2H3,(H,17,18). The molecule has 1 aliphatic heterocycles. The number of hydrogen-bond donors (Lipinski definition) is 1. The highest BCUT2D eigenvalue weighted by molar-refractivity contribution is 8.14. The quantitative estimate of drug-likeness (QED) is 0.603. The third-order valence-corrected chi connectivity index (χ3v) is 4.29. The highest BCUT2D eigenvalue weighted by Gasteiger charge is 2.38. The fraction of sp³-hybridized carbons (Fsp3) is 0.438. The second-order valence-electron chi connectivity index (χ2n) is 5.74. The molecule has 1 aliphatic rings. The Kier molecular flexibility index (Phi) is 5.79. The van der Waals surface area contributed by atoms with Crippen LogP contribution in [-0.4, -0.2) is 34.9 Å². The first kappa shape index (κ1) is 17.5. The molecule has 0 spiro atoms. The van der Waals surface area contributed by atoms with Crippen molar-refractivity contribution in [3.05, 3.63) is 35.9 Å². The zero-order valence-corrected chi connectivity index (χ0v) is 13.8. The summed E-state index contributed by atoms with van der Waals surface area (Å²) in [6.07, 6.45) is -1.13. The summed E-state index contributed by atoms with van der Waals surface area (Å²) in [4.78, 5) is 34.3. The van der Waals surface area contributed by atoms with Crippen LogP contribution in [-0.2, 0) is 23.9 Å². The molecule has 6 nitrogen and oxygen atoms in total. The van der Waals surface area contributed by atoms with Gasteiger partial charge in [0.2, 0.25) is 12.7 Å². The van der Waals surface area contributed by atoms with Crippen molar-refractivity contribution in [3.8, 4) is 0 Å². The third kappa shape index (κ3) is 5.07. The Bertz CT molecular complexity index is 575. The molecule has 1 amide bonds. The third-order valence-electron chi connectivity index (χ3n) is 3.20. The summed E-state index contributed by atoms with van der Waals surface area (Å²) in [6.45, 7) is 4.04. The van der Waals surface area contributed by atoms with Crippen molar-refractivity contribution >= 4 is 29.3 Å². The summed E-state index contributed by atoms with van der Waals surface area (Å²) in [6, 6.07) is 9.09. The van der Waals surface area contributed by atoms with Gasteiger partial charge in [-0.05, 0) is 13.8 Å². The molecule has 0 saturated carbocycles. The van der Waals surface area contributed by atoms with Gasteiger partial charge in [-0.1, -0.05) is 42.1 Å². The van der Waals surface area contributed by atoms with Crippen LogP contribution < -0.4 is 5.32 Å². The van der Waals surface area contributed by atoms with Gasteiger partial charge < -0.3 is 14.8 Å². The zero-order chi connectivity index (χ0) is 16.9. The number of cyclic esters (lactones) is 1. The van der Waals surface area contributed by atoms with Crippen molar-refractivity contribution in [2.45, 2.75) is 37.4 Å². The Balaban J connectivity index is 1.89. The van der Waals surface area contributed by atoms with Crippen LogP contribution in [0.1, 0.15) is 32.1 Å². The van der Waals surface area contributed by atoms with Crippen LogP contribution in [0.25, 0.3) is 0 Å². The molecule has 1 aromatic carbocycles. The van der Waals surface area contributed by atoms with Gasteiger partial charge in [-0.3, -0.25) is 9.59 Å². The molecule has 1 fully saturated rings. The highest BCUT2D eigenvalue weighted by Crippen LogP contribution is 2.32. The van der Waals surface area contributed by atoms with E-state index in [4.69, 9.17) is 9.47 Å². The van der Waals surface area contributed by atoms with E-state index in [0.29, 0.717) is 13.0 Å². The summed E-state index contributed by atoms with van der Waals surface area (Å²) >= 11 is 1.08. The second kappa shape index (κ2) is 7.61. The van der Waals surface area contributed by atoms with Crippen molar-refractivity contribution in [3.63, 3.8) is 0 Å². The van der Waals surface area contributed by atoms with Gasteiger partial charge in [0.25, 0.3) is 0 Å². The van der Waals surface area contributed by atoms with Crippen LogP contribution in [0, 0.1) is 0 Å². The molecule has 0 bridgehead atoms. The number of benzene rings is 1. The molecule has 1 heterocycles. The number of rotatable bonds is 7. The van der Waals surface area contributed by atoms with E-state index < -0.39 is 23.1 Å². The molecule has 1 aromatic rings. The van der Waals surface area contributed by atoms with Crippen LogP contribution in [0.15, 0.2) is 30.3 Å². The Labute approximate surface area is 138 Å². The lowest BCUT2D eigenvalue weighted by molar-refractivity contribution is -0.144. The lowest BCUT2D eigenvalue weighted by Crippen LogP contribution is -2.33. The van der Waals surface area contributed by atoms with E-state index in [-0.39, 0.29) is 11.5 Å². The van der Waals surface area contributed by atoms with E-state index >= 15 is 0 Å². The molecule has 0 aromatic heterocycles. The first-order valence-corrected chi connectivity index (χ1v) is 8.03. The van der Waals surface area contributed by atoms with Gasteiger partial charge in [0.15, 0.2) is 11.2 Å². The smallest absolute Gasteiger partial charge is 0.338 e. The molecular weight excluding hydrogens is 318 g/mol. The zero-order valence-electron chi connectivity index (χ0n) is 13.0. The fourth-order valence-electron chi connectivity index (χ4n) is 2.13. The average Bonchev–Trinajstić information content (AvgIpc) is 2.86. The predicted octanol–water partition coefficient (Wildman–Crippen LogP) is 1.80. The number of carbonyl (C=O) groups is 3. The monoisotopic (exact) mass is 337 g/mol. The minimum absolute atomic E-state index is 0.0582. The normalized spacial score (nSPS) is 20.9. The van der Waals surface area contributed by atoms with Crippen LogP contribution in [0.3, 0.4) is 0 Å². The molecule has 23 heavy (non-hydrogen) atoms. The maximum Gasteiger partial charge on any atom is 0.338 e. The molecule has 7 heteroatoms. The summed E-state index contributed by atoms with van der Waals surface area (Å²) in [7, 11) is 0. The maximum atomic E-state index is 12.1. The maximum absolute atomic E-state index is 12.1. The van der Waals surface area contributed by atoms with E-state index in [9.17, 15) is 14.4 Å². The molecule has 2 rings (SSSR count). The molecule has 1 saturated heterocycles. The van der Waals surface area contributed by atoms with Crippen molar-refractivity contribution in [1.82, 2.24) is 5.32 Å². The van der Waals surface area contributed by atoms with Crippen LogP contribution in [0.2, 0.25) is 0 Å². The van der Waals surface area contributed by atoms with E-state index in [1.807, 2.05) is 32.0 Å². The highest BCUT2D eigenvalue weighted by atomic mass is 32.2. The SMILES string of the molecule is CC(C)(CNC=O)SC(=O)CC1OC(c2ccccc2)OC1=O. The van der Waals surface area contributed by atoms with E-state index in [1.54, 1.807) is 12.1 Å². The molecule has 0 aliphatic carbocycles. The minimum atomic E-state index is -0.893. The molecule has 2 atom stereocenters. The van der Waals surface area contributed by atoms with Gasteiger partial charge in [0.05, 0.1) is 6.42 Å². The van der Waals surface area contributed by atoms with Crippen LogP contribution in [0.4, 0.5) is 0 Å². The second-order valence-corrected chi connectivity index (χ2v) is 7.51. The van der Waals surface area contributed by atoms with E-state index in [2.05, 4.69) is 5.32 Å². The van der Waals surface area contributed by atoms with Crippen molar-refractivity contribution in [1.29, 1.82) is 0 Å². The summed E-state index contributed by atoms with van der Waals surface area (Å²) < 4.78 is 10.3. The molecule has 124 valence electrons. The molecule has 1 N–H and O–H groups in total. The largest absolute Gasteiger partial charge is 0.429 e. The van der Waals surface area contributed by atoms with Gasteiger partial charge in [-0.15, -0.1) is 0 Å². The number of nitrogens with one attached hydrogen (secondary N) is 1. The van der Waals surface area contributed by atoms with E-state index in [0.717, 1.165) is 17.3 Å². The number of esters is 1. The lowest BCUT2D eigenvalue weighted by atomic mass is 10.2.